The van der Waals surface area contributed by atoms with Gasteiger partial charge < -0.3 is 9.84 Å². The molecule has 1 N–H and O–H groups in total. The molecule has 2 heterocycles. The Kier molecular flexibility index (Phi) is 7.08. The van der Waals surface area contributed by atoms with E-state index < -0.39 is 45.2 Å². The summed E-state index contributed by atoms with van der Waals surface area (Å²) >= 11 is 21.1. The predicted molar refractivity (Wildman–Crippen MR) is 159 cm³/mol. The Hall–Kier alpha value is -2.40. The molecule has 0 radical (unpaired) electrons. The molecule has 8 nitrogen and oxygen atoms in total. The summed E-state index contributed by atoms with van der Waals surface area (Å²) in [6, 6.07) is 11.5. The largest absolute Gasteiger partial charge is 0.504 e. The Bertz CT molecular complexity index is 1530. The number of phenolic OH excluding ortho intramolecular Hbond substituents is 1. The number of alkyl halides is 3. The Balaban J connectivity index is 1.52. The average Bonchev–Trinajstić information content (AvgIpc) is 3.28. The first-order valence-corrected chi connectivity index (χ1v) is 15.8. The highest BCUT2D eigenvalue weighted by atomic mass is 79.9. The average molecular weight is 727 g/mol. The van der Waals surface area contributed by atoms with Gasteiger partial charge in [-0.05, 0) is 67.6 Å². The minimum Gasteiger partial charge on any atom is -0.504 e. The number of aromatic hydroxyl groups is 1. The van der Waals surface area contributed by atoms with Crippen LogP contribution in [-0.4, -0.2) is 55.4 Å². The molecule has 6 atom stereocenters. The monoisotopic (exact) mass is 724 g/mol. The van der Waals surface area contributed by atoms with E-state index in [1.165, 1.54) is 11.0 Å². The van der Waals surface area contributed by atoms with Crippen LogP contribution in [0, 0.1) is 17.8 Å². The molecule has 41 heavy (non-hydrogen) atoms. The molecule has 2 saturated heterocycles. The fraction of sp³-hybridized carbons (Fsp3) is 0.379. The molecule has 2 aromatic carbocycles. The van der Waals surface area contributed by atoms with Crippen LogP contribution in [0.3, 0.4) is 0 Å². The number of halogens is 4. The fourth-order valence-electron chi connectivity index (χ4n) is 6.95. The van der Waals surface area contributed by atoms with Crippen LogP contribution in [0.15, 0.2) is 58.6 Å². The quantitative estimate of drug-likeness (QED) is 0.190. The van der Waals surface area contributed by atoms with Crippen molar-refractivity contribution < 1.29 is 29.0 Å². The Labute approximate surface area is 262 Å². The highest BCUT2D eigenvalue weighted by Crippen LogP contribution is 2.65. The number of amides is 4. The molecular formula is C29H24Br2Cl2N2O6. The molecule has 0 aromatic heterocycles. The number of benzene rings is 2. The lowest BCUT2D eigenvalue weighted by Crippen LogP contribution is -2.60. The number of nitrogens with zero attached hydrogens (tertiary/aromatic N) is 2. The van der Waals surface area contributed by atoms with Crippen LogP contribution >= 0.6 is 55.1 Å². The Morgan fingerprint density at radius 2 is 1.73 bits per heavy atom. The van der Waals surface area contributed by atoms with Crippen LogP contribution in [-0.2, 0) is 19.2 Å². The summed E-state index contributed by atoms with van der Waals surface area (Å²) in [5, 5.41) is 10.4. The second kappa shape index (κ2) is 10.1. The van der Waals surface area contributed by atoms with Gasteiger partial charge in [0.15, 0.2) is 21.2 Å². The number of carbonyl (C=O) groups is 4. The minimum atomic E-state index is -1.92. The predicted octanol–water partition coefficient (Wildman–Crippen LogP) is 5.47. The van der Waals surface area contributed by atoms with Crippen molar-refractivity contribution in [2.75, 3.05) is 17.0 Å². The fourth-order valence-corrected chi connectivity index (χ4v) is 8.64. The van der Waals surface area contributed by atoms with Crippen molar-refractivity contribution in [1.82, 2.24) is 4.90 Å². The van der Waals surface area contributed by atoms with Gasteiger partial charge in [-0.1, -0.05) is 49.6 Å². The van der Waals surface area contributed by atoms with E-state index in [4.69, 9.17) is 27.9 Å². The number of allylic oxidation sites excluding steroid dienone is 2. The second-order valence-corrected chi connectivity index (χ2v) is 13.3. The van der Waals surface area contributed by atoms with Gasteiger partial charge in [-0.2, -0.15) is 0 Å². The molecule has 0 bridgehead atoms. The zero-order valence-corrected chi connectivity index (χ0v) is 26.3. The summed E-state index contributed by atoms with van der Waals surface area (Å²) in [5.74, 6) is -4.96. The van der Waals surface area contributed by atoms with Crippen molar-refractivity contribution in [2.45, 2.75) is 35.4 Å². The lowest BCUT2D eigenvalue weighted by atomic mass is 9.56. The van der Waals surface area contributed by atoms with E-state index in [1.54, 1.807) is 43.3 Å². The van der Waals surface area contributed by atoms with Crippen LogP contribution in [0.4, 0.5) is 5.69 Å². The van der Waals surface area contributed by atoms with E-state index >= 15 is 0 Å². The number of ether oxygens (including phenoxy) is 1. The normalized spacial score (nSPS) is 32.6. The standard InChI is InChI=1S/C29H24Br2Cl2N2O6/c1-2-41-21-11-14(3-10-20(21)36)23-17-8-9-18-22(25(38)35(24(18)37)16-6-4-15(31)5-7-16)19(17)12-28(32)26(39)34(13-30)27(40)29(23,28)33/h3-8,10-11,18-19,22-23,36H,2,9,12-13H2,1H3/t18-,19+,22-,23-,28+,29-/m0/s1. The van der Waals surface area contributed by atoms with Gasteiger partial charge in [0.25, 0.3) is 11.8 Å². The van der Waals surface area contributed by atoms with Crippen molar-refractivity contribution in [2.24, 2.45) is 17.8 Å². The number of anilines is 1. The van der Waals surface area contributed by atoms with Gasteiger partial charge in [-0.3, -0.25) is 29.0 Å². The lowest BCUT2D eigenvalue weighted by Gasteiger charge is -2.50. The molecule has 1 saturated carbocycles. The minimum absolute atomic E-state index is 0.0980. The zero-order chi connectivity index (χ0) is 29.4. The first-order chi connectivity index (χ1) is 19.5. The third-order valence-electron chi connectivity index (χ3n) is 8.72. The molecule has 0 unspecified atom stereocenters. The van der Waals surface area contributed by atoms with Gasteiger partial charge in [0.2, 0.25) is 11.8 Å². The van der Waals surface area contributed by atoms with Crippen molar-refractivity contribution in [3.8, 4) is 11.5 Å². The number of imide groups is 2. The first kappa shape index (κ1) is 28.7. The van der Waals surface area contributed by atoms with Crippen LogP contribution in [0.2, 0.25) is 0 Å². The van der Waals surface area contributed by atoms with Gasteiger partial charge >= 0.3 is 0 Å². The highest BCUT2D eigenvalue weighted by Gasteiger charge is 2.76. The number of hydrogen-bond acceptors (Lipinski definition) is 6. The summed E-state index contributed by atoms with van der Waals surface area (Å²) < 4.78 is 6.42. The zero-order valence-electron chi connectivity index (χ0n) is 21.7. The van der Waals surface area contributed by atoms with Gasteiger partial charge in [0.05, 0.1) is 29.6 Å². The van der Waals surface area contributed by atoms with E-state index in [9.17, 15) is 24.3 Å². The summed E-state index contributed by atoms with van der Waals surface area (Å²) in [6.45, 7) is 2.05. The number of likely N-dealkylation sites (tertiary alicyclic amines) is 1. The number of rotatable bonds is 5. The van der Waals surface area contributed by atoms with E-state index in [0.29, 0.717) is 16.8 Å². The van der Waals surface area contributed by atoms with E-state index in [2.05, 4.69) is 31.9 Å². The van der Waals surface area contributed by atoms with Crippen molar-refractivity contribution in [3.05, 3.63) is 64.1 Å². The molecule has 214 valence electrons. The Morgan fingerprint density at radius 3 is 2.39 bits per heavy atom. The maximum atomic E-state index is 14.0. The van der Waals surface area contributed by atoms with Crippen LogP contribution in [0.1, 0.15) is 31.2 Å². The summed E-state index contributed by atoms with van der Waals surface area (Å²) in [6.07, 6.45) is 2.03. The third kappa shape index (κ3) is 3.90. The van der Waals surface area contributed by atoms with Gasteiger partial charge in [0.1, 0.15) is 0 Å². The molecule has 2 aromatic rings. The van der Waals surface area contributed by atoms with Crippen molar-refractivity contribution in [3.63, 3.8) is 0 Å². The van der Waals surface area contributed by atoms with Crippen LogP contribution in [0.25, 0.3) is 0 Å². The summed E-state index contributed by atoms with van der Waals surface area (Å²) in [7, 11) is 0. The smallest absolute Gasteiger partial charge is 0.254 e. The molecule has 4 aliphatic rings. The molecular weight excluding hydrogens is 703 g/mol. The maximum absolute atomic E-state index is 14.0. The number of hydrogen-bond donors (Lipinski definition) is 1. The Morgan fingerprint density at radius 1 is 1.02 bits per heavy atom. The molecule has 12 heteroatoms. The van der Waals surface area contributed by atoms with E-state index in [-0.39, 0.29) is 48.2 Å². The number of phenols is 1. The van der Waals surface area contributed by atoms with Crippen LogP contribution in [0.5, 0.6) is 11.5 Å². The SMILES string of the molecule is CCOc1cc([C@H]2C3=CC[C@@H]4C(=O)N(c5ccc(Br)cc5)C(=O)[C@@H]4[C@@H]3C[C@@]3(Cl)C(=O)N(CBr)C(=O)[C@@]23Cl)ccc1O. The lowest BCUT2D eigenvalue weighted by molar-refractivity contribution is -0.138. The molecule has 3 fully saturated rings. The van der Waals surface area contributed by atoms with Crippen molar-refractivity contribution >= 4 is 84.4 Å². The maximum Gasteiger partial charge on any atom is 0.254 e. The van der Waals surface area contributed by atoms with Crippen molar-refractivity contribution in [1.29, 1.82) is 0 Å². The summed E-state index contributed by atoms with van der Waals surface area (Å²) in [5.41, 5.74) is 1.52. The highest BCUT2D eigenvalue weighted by molar-refractivity contribution is 9.10. The molecule has 0 spiro atoms. The molecule has 2 aliphatic carbocycles. The topological polar surface area (TPSA) is 104 Å². The van der Waals surface area contributed by atoms with E-state index in [0.717, 1.165) is 9.37 Å². The van der Waals surface area contributed by atoms with Gasteiger partial charge in [-0.15, -0.1) is 23.2 Å². The number of fused-ring (bicyclic) bond motifs is 4. The second-order valence-electron chi connectivity index (χ2n) is 10.6. The van der Waals surface area contributed by atoms with Gasteiger partial charge in [0, 0.05) is 10.4 Å². The van der Waals surface area contributed by atoms with E-state index in [1.807, 2.05) is 6.08 Å². The number of carbonyl (C=O) groups excluding carboxylic acids is 4. The molecule has 6 rings (SSSR count). The molecule has 2 aliphatic heterocycles. The van der Waals surface area contributed by atoms with Gasteiger partial charge in [-0.25, -0.2) is 0 Å². The third-order valence-corrected chi connectivity index (χ3v) is 11.2. The summed E-state index contributed by atoms with van der Waals surface area (Å²) in [4.78, 5) is 53.6. The van der Waals surface area contributed by atoms with Crippen LogP contribution < -0.4 is 9.64 Å². The molecule has 4 amide bonds. The first-order valence-electron chi connectivity index (χ1n) is 13.1.